The monoisotopic (exact) mass is 811 g/mol. The van der Waals surface area contributed by atoms with Crippen LogP contribution in [0.5, 0.6) is 0 Å². The molecule has 1 nitrogen and oxygen atoms in total. The Morgan fingerprint density at radius 1 is 0.444 bits per heavy atom. The first-order valence-corrected chi connectivity index (χ1v) is 23.4. The molecule has 0 amide bonds. The molecule has 12 rings (SSSR count). The third kappa shape index (κ3) is 7.00. The fourth-order valence-electron chi connectivity index (χ4n) is 12.3. The number of hydrogen-bond acceptors (Lipinski definition) is 1. The topological polar surface area (TPSA) is 12.0 Å². The van der Waals surface area contributed by atoms with E-state index in [4.69, 9.17) is 0 Å². The summed E-state index contributed by atoms with van der Waals surface area (Å²) in [5, 5.41) is 9.73. The molecule has 3 aliphatic carbocycles. The summed E-state index contributed by atoms with van der Waals surface area (Å²) in [6.07, 6.45) is 11.6. The Balaban J connectivity index is 0.866. The lowest BCUT2D eigenvalue weighted by Crippen LogP contribution is -2.38. The standard InChI is InChI=1S/C62H53N/c1-3-17-46(18-4-1)59-40-58-56-25-11-12-26-57(56)60(61(58)62(63-59)48-19-5-2-6-20-48)47-35-33-42(34-36-47)41-29-31-43(32-30-41)49-37-50(54-27-13-21-44-15-7-9-23-52(44)54)39-51(38-49)55-28-14-22-45-16-8-10-24-53(45)55/h1-9,11-23,25-36,49-51,59,61-63H,10,24,37-40H2. The van der Waals surface area contributed by atoms with Crippen molar-refractivity contribution in [3.63, 3.8) is 0 Å². The molecule has 8 aromatic rings. The average molecular weight is 812 g/mol. The van der Waals surface area contributed by atoms with Gasteiger partial charge in [-0.2, -0.15) is 0 Å². The Bertz CT molecular complexity index is 3100. The second-order valence-corrected chi connectivity index (χ2v) is 18.6. The molecule has 4 aliphatic rings. The Hall–Kier alpha value is -6.54. The Kier molecular flexibility index (Phi) is 9.87. The maximum absolute atomic E-state index is 4.16. The first-order valence-electron chi connectivity index (χ1n) is 23.4. The van der Waals surface area contributed by atoms with E-state index in [2.05, 4.69) is 212 Å². The van der Waals surface area contributed by atoms with Gasteiger partial charge in [0.25, 0.3) is 0 Å². The van der Waals surface area contributed by atoms with Crippen LogP contribution >= 0.6 is 0 Å². The number of hydrogen-bond donors (Lipinski definition) is 1. The first kappa shape index (κ1) is 38.2. The van der Waals surface area contributed by atoms with Crippen molar-refractivity contribution in [1.82, 2.24) is 5.32 Å². The molecule has 0 spiro atoms. The van der Waals surface area contributed by atoms with Crippen LogP contribution in [0.2, 0.25) is 0 Å². The molecule has 6 unspecified atom stereocenters. The van der Waals surface area contributed by atoms with E-state index in [1.54, 1.807) is 16.7 Å². The van der Waals surface area contributed by atoms with Gasteiger partial charge in [-0.1, -0.05) is 212 Å². The zero-order valence-electron chi connectivity index (χ0n) is 35.8. The summed E-state index contributed by atoms with van der Waals surface area (Å²) in [6, 6.07) is 73.9. The average Bonchev–Trinajstić information content (AvgIpc) is 3.70. The highest BCUT2D eigenvalue weighted by molar-refractivity contribution is 5.86. The van der Waals surface area contributed by atoms with Crippen molar-refractivity contribution in [2.24, 2.45) is 5.92 Å². The van der Waals surface area contributed by atoms with Crippen molar-refractivity contribution in [3.8, 4) is 11.1 Å². The van der Waals surface area contributed by atoms with Crippen LogP contribution in [0.25, 0.3) is 39.1 Å². The number of rotatable bonds is 7. The van der Waals surface area contributed by atoms with E-state index in [0.29, 0.717) is 17.8 Å². The molecule has 306 valence electrons. The van der Waals surface area contributed by atoms with Crippen molar-refractivity contribution in [3.05, 3.63) is 255 Å². The molecule has 1 N–H and O–H groups in total. The molecule has 1 heteroatoms. The SMILES string of the molecule is C1=Cc2cccc(C3CC(c4ccc(-c5ccc(C6=c7ccccc7=C7CC(c8ccccc8)NC(c8ccccc8)C76)cc5)cc4)CC(c4cccc5ccccc45)C3)c2CC1. The first-order chi connectivity index (χ1) is 31.2. The zero-order chi connectivity index (χ0) is 41.7. The number of piperidine rings is 1. The van der Waals surface area contributed by atoms with Gasteiger partial charge in [-0.3, -0.25) is 0 Å². The van der Waals surface area contributed by atoms with Crippen LogP contribution in [0.1, 0.15) is 106 Å². The molecule has 2 fully saturated rings. The van der Waals surface area contributed by atoms with E-state index in [9.17, 15) is 0 Å². The van der Waals surface area contributed by atoms with E-state index < -0.39 is 0 Å². The quantitative estimate of drug-likeness (QED) is 0.169. The zero-order valence-corrected chi connectivity index (χ0v) is 35.8. The molecule has 63 heavy (non-hydrogen) atoms. The molecule has 1 saturated heterocycles. The highest BCUT2D eigenvalue weighted by Crippen LogP contribution is 2.51. The third-order valence-corrected chi connectivity index (χ3v) is 15.2. The molecule has 8 aromatic carbocycles. The van der Waals surface area contributed by atoms with Crippen LogP contribution in [-0.2, 0) is 6.42 Å². The van der Waals surface area contributed by atoms with Gasteiger partial charge >= 0.3 is 0 Å². The lowest BCUT2D eigenvalue weighted by molar-refractivity contribution is 0.351. The lowest BCUT2D eigenvalue weighted by atomic mass is 9.67. The second-order valence-electron chi connectivity index (χ2n) is 18.6. The van der Waals surface area contributed by atoms with Gasteiger partial charge in [-0.05, 0) is 139 Å². The summed E-state index contributed by atoms with van der Waals surface area (Å²) in [5.74, 6) is 1.78. The van der Waals surface area contributed by atoms with Crippen LogP contribution in [0, 0.1) is 5.92 Å². The van der Waals surface area contributed by atoms with Crippen LogP contribution < -0.4 is 15.8 Å². The highest BCUT2D eigenvalue weighted by atomic mass is 15.0. The van der Waals surface area contributed by atoms with Crippen LogP contribution in [-0.4, -0.2) is 0 Å². The molecule has 0 radical (unpaired) electrons. The fraction of sp³-hybridized carbons (Fsp3) is 0.194. The third-order valence-electron chi connectivity index (χ3n) is 15.2. The van der Waals surface area contributed by atoms with Gasteiger partial charge in [-0.25, -0.2) is 0 Å². The maximum Gasteiger partial charge on any atom is 0.0433 e. The van der Waals surface area contributed by atoms with Gasteiger partial charge in [-0.15, -0.1) is 0 Å². The van der Waals surface area contributed by atoms with Crippen molar-refractivity contribution in [2.45, 2.75) is 68.4 Å². The van der Waals surface area contributed by atoms with Crippen molar-refractivity contribution < 1.29 is 0 Å². The summed E-state index contributed by atoms with van der Waals surface area (Å²) >= 11 is 0. The molecular weight excluding hydrogens is 759 g/mol. The molecular formula is C62H53N. The predicted octanol–water partition coefficient (Wildman–Crippen LogP) is 13.8. The smallest absolute Gasteiger partial charge is 0.0433 e. The molecule has 0 bridgehead atoms. The van der Waals surface area contributed by atoms with Crippen molar-refractivity contribution in [1.29, 1.82) is 0 Å². The Labute approximate surface area is 372 Å². The van der Waals surface area contributed by atoms with Crippen molar-refractivity contribution >= 4 is 28.0 Å². The van der Waals surface area contributed by atoms with E-state index in [1.165, 1.54) is 90.6 Å². The summed E-state index contributed by atoms with van der Waals surface area (Å²) in [6.45, 7) is 0. The van der Waals surface area contributed by atoms with Crippen molar-refractivity contribution in [2.75, 3.05) is 0 Å². The number of nitrogens with one attached hydrogen (secondary N) is 1. The minimum absolute atomic E-state index is 0.165. The normalized spacial score (nSPS) is 22.7. The minimum Gasteiger partial charge on any atom is -0.302 e. The molecule has 0 aromatic heterocycles. The van der Waals surface area contributed by atoms with Gasteiger partial charge in [0.1, 0.15) is 0 Å². The van der Waals surface area contributed by atoms with Crippen LogP contribution in [0.15, 0.2) is 200 Å². The molecule has 1 aliphatic heterocycles. The number of fused-ring (bicyclic) bond motifs is 4. The molecule has 1 saturated carbocycles. The van der Waals surface area contributed by atoms with E-state index in [-0.39, 0.29) is 18.0 Å². The fourth-order valence-corrected chi connectivity index (χ4v) is 12.3. The van der Waals surface area contributed by atoms with Gasteiger partial charge in [0, 0.05) is 18.0 Å². The molecule has 6 atom stereocenters. The summed E-state index contributed by atoms with van der Waals surface area (Å²) < 4.78 is 0. The van der Waals surface area contributed by atoms with E-state index >= 15 is 0 Å². The minimum atomic E-state index is 0.165. The van der Waals surface area contributed by atoms with E-state index in [1.807, 2.05) is 0 Å². The van der Waals surface area contributed by atoms with Gasteiger partial charge in [0.05, 0.1) is 0 Å². The van der Waals surface area contributed by atoms with Gasteiger partial charge < -0.3 is 5.32 Å². The highest BCUT2D eigenvalue weighted by Gasteiger charge is 2.41. The summed E-state index contributed by atoms with van der Waals surface area (Å²) in [7, 11) is 0. The lowest BCUT2D eigenvalue weighted by Gasteiger charge is -2.40. The number of allylic oxidation sites excluding steroid dienone is 1. The number of benzene rings is 8. The summed E-state index contributed by atoms with van der Waals surface area (Å²) in [4.78, 5) is 0. The maximum atomic E-state index is 4.16. The van der Waals surface area contributed by atoms with Gasteiger partial charge in [0.2, 0.25) is 0 Å². The van der Waals surface area contributed by atoms with E-state index in [0.717, 1.165) is 19.3 Å². The molecule has 1 heterocycles. The summed E-state index contributed by atoms with van der Waals surface area (Å²) in [5.41, 5.74) is 17.2. The van der Waals surface area contributed by atoms with Crippen LogP contribution in [0.4, 0.5) is 0 Å². The Morgan fingerprint density at radius 2 is 1.05 bits per heavy atom. The largest absolute Gasteiger partial charge is 0.302 e. The van der Waals surface area contributed by atoms with Gasteiger partial charge in [0.15, 0.2) is 0 Å². The second kappa shape index (κ2) is 16.3. The predicted molar refractivity (Wildman–Crippen MR) is 263 cm³/mol. The Morgan fingerprint density at radius 3 is 1.84 bits per heavy atom. The van der Waals surface area contributed by atoms with Crippen LogP contribution in [0.3, 0.4) is 0 Å².